The van der Waals surface area contributed by atoms with E-state index >= 15 is 0 Å². The van der Waals surface area contributed by atoms with Crippen LogP contribution in [0, 0.1) is 6.92 Å². The molecule has 1 aromatic carbocycles. The molecule has 0 fully saturated rings. The number of carbonyl (C=O) groups excluding carboxylic acids is 1. The minimum atomic E-state index is -0.410. The Morgan fingerprint density at radius 1 is 1.40 bits per heavy atom. The number of amides is 1. The van der Waals surface area contributed by atoms with E-state index in [1.807, 2.05) is 0 Å². The van der Waals surface area contributed by atoms with Crippen molar-refractivity contribution in [1.29, 1.82) is 0 Å². The summed E-state index contributed by atoms with van der Waals surface area (Å²) in [5.41, 5.74) is 6.41. The van der Waals surface area contributed by atoms with Gasteiger partial charge in [-0.25, -0.2) is 0 Å². The zero-order valence-corrected chi connectivity index (χ0v) is 12.1. The van der Waals surface area contributed by atoms with E-state index < -0.39 is 5.91 Å². The van der Waals surface area contributed by atoms with Crippen molar-refractivity contribution in [3.63, 3.8) is 0 Å². The minimum Gasteiger partial charge on any atom is -0.456 e. The van der Waals surface area contributed by atoms with Crippen molar-refractivity contribution in [2.75, 3.05) is 5.32 Å². The molecule has 0 radical (unpaired) electrons. The first-order chi connectivity index (χ1) is 9.51. The largest absolute Gasteiger partial charge is 0.456 e. The predicted octanol–water partition coefficient (Wildman–Crippen LogP) is 2.70. The summed E-state index contributed by atoms with van der Waals surface area (Å²) in [6.45, 7) is 1.75. The maximum Gasteiger partial charge on any atom is 0.291 e. The number of amidine groups is 1. The molecular formula is C13H12BrN3O3. The van der Waals surface area contributed by atoms with Crippen molar-refractivity contribution in [3.05, 3.63) is 51.9 Å². The summed E-state index contributed by atoms with van der Waals surface area (Å²) >= 11 is 3.28. The van der Waals surface area contributed by atoms with Gasteiger partial charge in [0.15, 0.2) is 11.6 Å². The molecule has 20 heavy (non-hydrogen) atoms. The molecule has 0 bridgehead atoms. The quantitative estimate of drug-likeness (QED) is 0.347. The summed E-state index contributed by atoms with van der Waals surface area (Å²) in [4.78, 5) is 12.0. The number of carbonyl (C=O) groups is 1. The molecular weight excluding hydrogens is 326 g/mol. The van der Waals surface area contributed by atoms with E-state index in [2.05, 4.69) is 26.4 Å². The van der Waals surface area contributed by atoms with Gasteiger partial charge in [0, 0.05) is 10.0 Å². The lowest BCUT2D eigenvalue weighted by atomic mass is 10.1. The smallest absolute Gasteiger partial charge is 0.291 e. The topological polar surface area (TPSA) is 101 Å². The highest BCUT2D eigenvalue weighted by Crippen LogP contribution is 2.22. The highest BCUT2D eigenvalue weighted by atomic mass is 79.9. The number of aryl methyl sites for hydroxylation is 1. The fourth-order valence-electron chi connectivity index (χ4n) is 1.63. The Morgan fingerprint density at radius 2 is 2.15 bits per heavy atom. The minimum absolute atomic E-state index is 0.0998. The maximum atomic E-state index is 12.0. The van der Waals surface area contributed by atoms with Gasteiger partial charge in [0.1, 0.15) is 5.76 Å². The normalized spacial score (nSPS) is 11.4. The van der Waals surface area contributed by atoms with Crippen molar-refractivity contribution < 1.29 is 14.4 Å². The molecule has 0 aliphatic carbocycles. The van der Waals surface area contributed by atoms with Crippen LogP contribution in [0.4, 0.5) is 5.69 Å². The number of furan rings is 1. The first-order valence-electron chi connectivity index (χ1n) is 5.66. The first-order valence-corrected chi connectivity index (χ1v) is 6.46. The number of nitrogens with zero attached hydrogens (tertiary/aromatic N) is 1. The Labute approximate surface area is 123 Å². The Bertz CT molecular complexity index is 679. The molecule has 0 saturated heterocycles. The van der Waals surface area contributed by atoms with Gasteiger partial charge in [-0.3, -0.25) is 4.79 Å². The molecule has 4 N–H and O–H groups in total. The van der Waals surface area contributed by atoms with Crippen LogP contribution in [0.25, 0.3) is 0 Å². The molecule has 1 heterocycles. The van der Waals surface area contributed by atoms with Crippen LogP contribution >= 0.6 is 15.9 Å². The number of halogens is 1. The van der Waals surface area contributed by atoms with Crippen molar-refractivity contribution in [2.24, 2.45) is 10.9 Å². The highest BCUT2D eigenvalue weighted by molar-refractivity contribution is 9.10. The van der Waals surface area contributed by atoms with Gasteiger partial charge in [0.2, 0.25) is 0 Å². The van der Waals surface area contributed by atoms with Crippen LogP contribution in [0.5, 0.6) is 0 Å². The molecule has 7 heteroatoms. The average molecular weight is 338 g/mol. The van der Waals surface area contributed by atoms with Gasteiger partial charge >= 0.3 is 0 Å². The second kappa shape index (κ2) is 5.79. The van der Waals surface area contributed by atoms with Gasteiger partial charge < -0.3 is 20.7 Å². The molecule has 0 aliphatic rings. The second-order valence-electron chi connectivity index (χ2n) is 4.04. The second-order valence-corrected chi connectivity index (χ2v) is 4.96. The SMILES string of the molecule is Cc1ccc(C(=O)Nc2ccc(Br)cc2/C(N)=N/O)o1. The average Bonchev–Trinajstić information content (AvgIpc) is 2.86. The van der Waals surface area contributed by atoms with Crippen LogP contribution in [-0.4, -0.2) is 17.0 Å². The molecule has 6 nitrogen and oxygen atoms in total. The number of oxime groups is 1. The third kappa shape index (κ3) is 3.00. The summed E-state index contributed by atoms with van der Waals surface area (Å²) in [7, 11) is 0. The van der Waals surface area contributed by atoms with E-state index in [0.29, 0.717) is 17.0 Å². The Morgan fingerprint density at radius 3 is 2.75 bits per heavy atom. The van der Waals surface area contributed by atoms with Crippen LogP contribution in [0.3, 0.4) is 0 Å². The monoisotopic (exact) mass is 337 g/mol. The molecule has 0 saturated carbocycles. The van der Waals surface area contributed by atoms with Gasteiger partial charge in [-0.1, -0.05) is 21.1 Å². The number of benzene rings is 1. The van der Waals surface area contributed by atoms with E-state index in [0.717, 1.165) is 4.47 Å². The fraction of sp³-hybridized carbons (Fsp3) is 0.0769. The van der Waals surface area contributed by atoms with Crippen molar-refractivity contribution in [2.45, 2.75) is 6.92 Å². The molecule has 0 atom stereocenters. The lowest BCUT2D eigenvalue weighted by Crippen LogP contribution is -2.19. The van der Waals surface area contributed by atoms with Crippen LogP contribution in [0.2, 0.25) is 0 Å². The summed E-state index contributed by atoms with van der Waals surface area (Å²) in [6, 6.07) is 8.29. The van der Waals surface area contributed by atoms with E-state index in [4.69, 9.17) is 15.4 Å². The van der Waals surface area contributed by atoms with Gasteiger partial charge in [-0.15, -0.1) is 0 Å². The Balaban J connectivity index is 2.32. The number of nitrogens with one attached hydrogen (secondary N) is 1. The number of anilines is 1. The van der Waals surface area contributed by atoms with Gasteiger partial charge in [-0.05, 0) is 37.3 Å². The molecule has 104 valence electrons. The zero-order chi connectivity index (χ0) is 14.7. The molecule has 0 unspecified atom stereocenters. The van der Waals surface area contributed by atoms with Crippen molar-refractivity contribution in [3.8, 4) is 0 Å². The lowest BCUT2D eigenvalue weighted by Gasteiger charge is -2.09. The molecule has 1 amide bonds. The standard InChI is InChI=1S/C13H12BrN3O3/c1-7-2-5-11(20-7)13(18)16-10-4-3-8(14)6-9(10)12(15)17-19/h2-6,19H,1H3,(H2,15,17)(H,16,18). The number of hydrogen-bond donors (Lipinski definition) is 3. The van der Waals surface area contributed by atoms with Crippen LogP contribution in [0.1, 0.15) is 21.9 Å². The molecule has 0 spiro atoms. The fourth-order valence-corrected chi connectivity index (χ4v) is 1.99. The van der Waals surface area contributed by atoms with E-state index in [1.54, 1.807) is 37.3 Å². The molecule has 2 rings (SSSR count). The Hall–Kier alpha value is -2.28. The van der Waals surface area contributed by atoms with Gasteiger partial charge in [-0.2, -0.15) is 0 Å². The summed E-state index contributed by atoms with van der Waals surface area (Å²) in [5.74, 6) is 0.322. The Kier molecular flexibility index (Phi) is 4.09. The third-order valence-electron chi connectivity index (χ3n) is 2.58. The van der Waals surface area contributed by atoms with Crippen LogP contribution in [-0.2, 0) is 0 Å². The van der Waals surface area contributed by atoms with Crippen molar-refractivity contribution >= 4 is 33.4 Å². The van der Waals surface area contributed by atoms with E-state index in [-0.39, 0.29) is 11.6 Å². The lowest BCUT2D eigenvalue weighted by molar-refractivity contribution is 0.0995. The number of hydrogen-bond acceptors (Lipinski definition) is 4. The molecule has 2 aromatic rings. The maximum absolute atomic E-state index is 12.0. The van der Waals surface area contributed by atoms with Crippen molar-refractivity contribution in [1.82, 2.24) is 0 Å². The number of rotatable bonds is 3. The van der Waals surface area contributed by atoms with E-state index in [9.17, 15) is 4.79 Å². The molecule has 0 aliphatic heterocycles. The molecule has 1 aromatic heterocycles. The number of nitrogens with two attached hydrogens (primary N) is 1. The highest BCUT2D eigenvalue weighted by Gasteiger charge is 2.14. The summed E-state index contributed by atoms with van der Waals surface area (Å²) < 4.78 is 5.98. The zero-order valence-electron chi connectivity index (χ0n) is 10.6. The first kappa shape index (κ1) is 14.1. The van der Waals surface area contributed by atoms with E-state index in [1.165, 1.54) is 0 Å². The van der Waals surface area contributed by atoms with Gasteiger partial charge in [0.25, 0.3) is 5.91 Å². The van der Waals surface area contributed by atoms with Crippen LogP contribution in [0.15, 0.2) is 44.4 Å². The predicted molar refractivity (Wildman–Crippen MR) is 78.1 cm³/mol. The summed E-state index contributed by atoms with van der Waals surface area (Å²) in [5, 5.41) is 14.4. The summed E-state index contributed by atoms with van der Waals surface area (Å²) in [6.07, 6.45) is 0. The van der Waals surface area contributed by atoms with Crippen LogP contribution < -0.4 is 11.1 Å². The third-order valence-corrected chi connectivity index (χ3v) is 3.07. The van der Waals surface area contributed by atoms with Gasteiger partial charge in [0.05, 0.1) is 5.69 Å².